The van der Waals surface area contributed by atoms with Crippen molar-refractivity contribution >= 4 is 16.8 Å². The van der Waals surface area contributed by atoms with E-state index in [4.69, 9.17) is 0 Å². The van der Waals surface area contributed by atoms with Crippen LogP contribution in [0.25, 0.3) is 10.9 Å². The first-order valence-corrected chi connectivity index (χ1v) is 10.1. The molecule has 1 atom stereocenters. The maximum absolute atomic E-state index is 13.0. The van der Waals surface area contributed by atoms with Gasteiger partial charge in [-0.3, -0.25) is 4.79 Å². The van der Waals surface area contributed by atoms with Crippen molar-refractivity contribution in [3.05, 3.63) is 70.7 Å². The first-order valence-electron chi connectivity index (χ1n) is 10.1. The molecule has 0 spiro atoms. The van der Waals surface area contributed by atoms with E-state index in [-0.39, 0.29) is 17.8 Å². The van der Waals surface area contributed by atoms with Crippen LogP contribution in [-0.4, -0.2) is 24.0 Å². The van der Waals surface area contributed by atoms with Crippen LogP contribution in [0.2, 0.25) is 0 Å². The Morgan fingerprint density at radius 3 is 2.82 bits per heavy atom. The summed E-state index contributed by atoms with van der Waals surface area (Å²) in [7, 11) is 0. The summed E-state index contributed by atoms with van der Waals surface area (Å²) in [4.78, 5) is 15.8. The molecule has 146 valence electrons. The van der Waals surface area contributed by atoms with Crippen molar-refractivity contribution in [2.75, 3.05) is 13.1 Å². The second-order valence-electron chi connectivity index (χ2n) is 7.41. The summed E-state index contributed by atoms with van der Waals surface area (Å²) in [5.74, 6) is -0.220. The van der Waals surface area contributed by atoms with Crippen LogP contribution in [0.15, 0.2) is 42.5 Å². The maximum Gasteiger partial charge on any atom is 0.251 e. The number of nitrogens with one attached hydrogen (secondary N) is 3. The molecular formula is C23H26FN3O. The second-order valence-corrected chi connectivity index (χ2v) is 7.41. The van der Waals surface area contributed by atoms with Gasteiger partial charge in [0.15, 0.2) is 0 Å². The zero-order valence-corrected chi connectivity index (χ0v) is 16.1. The minimum atomic E-state index is -0.196. The van der Waals surface area contributed by atoms with Crippen molar-refractivity contribution in [1.29, 1.82) is 0 Å². The molecule has 1 aromatic heterocycles. The van der Waals surface area contributed by atoms with Crippen molar-refractivity contribution in [2.24, 2.45) is 0 Å². The lowest BCUT2D eigenvalue weighted by Gasteiger charge is -2.24. The molecule has 4 rings (SSSR count). The Hall–Kier alpha value is -2.66. The molecule has 0 saturated carbocycles. The predicted octanol–water partition coefficient (Wildman–Crippen LogP) is 4.27. The molecule has 4 nitrogen and oxygen atoms in total. The third-order valence-electron chi connectivity index (χ3n) is 5.52. The van der Waals surface area contributed by atoms with Crippen LogP contribution in [0.4, 0.5) is 4.39 Å². The van der Waals surface area contributed by atoms with Crippen LogP contribution in [0.3, 0.4) is 0 Å². The number of carbonyl (C=O) groups excluding carboxylic acids is 1. The van der Waals surface area contributed by atoms with E-state index in [1.807, 2.05) is 37.3 Å². The monoisotopic (exact) mass is 379 g/mol. The fourth-order valence-corrected chi connectivity index (χ4v) is 4.11. The highest BCUT2D eigenvalue weighted by atomic mass is 19.1. The van der Waals surface area contributed by atoms with Gasteiger partial charge >= 0.3 is 0 Å². The molecule has 0 saturated heterocycles. The van der Waals surface area contributed by atoms with E-state index in [0.29, 0.717) is 12.1 Å². The second kappa shape index (κ2) is 8.15. The molecule has 1 aliphatic carbocycles. The number of hydrogen-bond acceptors (Lipinski definition) is 2. The number of fused-ring (bicyclic) bond motifs is 3. The first kappa shape index (κ1) is 18.7. The summed E-state index contributed by atoms with van der Waals surface area (Å²) in [6.45, 7) is 3.40. The van der Waals surface area contributed by atoms with Crippen molar-refractivity contribution in [1.82, 2.24) is 15.6 Å². The van der Waals surface area contributed by atoms with Gasteiger partial charge in [0, 0.05) is 34.7 Å². The zero-order chi connectivity index (χ0) is 19.5. The Morgan fingerprint density at radius 1 is 1.21 bits per heavy atom. The van der Waals surface area contributed by atoms with Crippen LogP contribution in [-0.2, 0) is 12.8 Å². The minimum Gasteiger partial charge on any atom is -0.357 e. The molecule has 1 aliphatic rings. The van der Waals surface area contributed by atoms with E-state index in [1.165, 1.54) is 23.4 Å². The van der Waals surface area contributed by atoms with Gasteiger partial charge < -0.3 is 15.6 Å². The van der Waals surface area contributed by atoms with Gasteiger partial charge in [0.05, 0.1) is 0 Å². The largest absolute Gasteiger partial charge is 0.357 e. The van der Waals surface area contributed by atoms with Gasteiger partial charge in [0.2, 0.25) is 0 Å². The lowest BCUT2D eigenvalue weighted by Crippen LogP contribution is -2.27. The Labute approximate surface area is 164 Å². The SMILES string of the molecule is CCNC(=O)c1ccc2[nH]c3c(c2c1)CCCC3NCCc1ccc(F)cc1. The molecule has 1 amide bonds. The molecule has 2 aromatic carbocycles. The van der Waals surface area contributed by atoms with E-state index in [1.54, 1.807) is 0 Å². The van der Waals surface area contributed by atoms with E-state index < -0.39 is 0 Å². The Balaban J connectivity index is 1.51. The average molecular weight is 379 g/mol. The number of amides is 1. The zero-order valence-electron chi connectivity index (χ0n) is 16.1. The summed E-state index contributed by atoms with van der Waals surface area (Å²) < 4.78 is 13.0. The normalized spacial score (nSPS) is 16.1. The molecule has 0 fully saturated rings. The summed E-state index contributed by atoms with van der Waals surface area (Å²) >= 11 is 0. The number of aryl methyl sites for hydroxylation is 1. The van der Waals surface area contributed by atoms with Crippen LogP contribution < -0.4 is 10.6 Å². The van der Waals surface area contributed by atoms with E-state index in [0.717, 1.165) is 48.7 Å². The number of aromatic amines is 1. The molecule has 28 heavy (non-hydrogen) atoms. The van der Waals surface area contributed by atoms with Crippen molar-refractivity contribution in [2.45, 2.75) is 38.6 Å². The number of carbonyl (C=O) groups is 1. The highest BCUT2D eigenvalue weighted by Gasteiger charge is 2.24. The molecule has 1 unspecified atom stereocenters. The average Bonchev–Trinajstić information content (AvgIpc) is 3.08. The molecule has 0 aliphatic heterocycles. The molecular weight excluding hydrogens is 353 g/mol. The summed E-state index contributed by atoms with van der Waals surface area (Å²) in [6, 6.07) is 12.9. The van der Waals surface area contributed by atoms with Gasteiger partial charge in [-0.25, -0.2) is 4.39 Å². The maximum atomic E-state index is 13.0. The summed E-state index contributed by atoms with van der Waals surface area (Å²) in [5.41, 5.74) is 5.50. The highest BCUT2D eigenvalue weighted by Crippen LogP contribution is 2.35. The predicted molar refractivity (Wildman–Crippen MR) is 110 cm³/mol. The third kappa shape index (κ3) is 3.80. The molecule has 1 heterocycles. The highest BCUT2D eigenvalue weighted by molar-refractivity contribution is 5.99. The molecule has 3 aromatic rings. The Morgan fingerprint density at radius 2 is 2.04 bits per heavy atom. The standard InChI is InChI=1S/C23H26FN3O/c1-2-25-23(28)16-8-11-20-19(14-16)18-4-3-5-21(22(18)27-20)26-13-12-15-6-9-17(24)10-7-15/h6-11,14,21,26-27H,2-5,12-13H2,1H3,(H,25,28). The number of halogens is 1. The fourth-order valence-electron chi connectivity index (χ4n) is 4.11. The number of benzene rings is 2. The lowest BCUT2D eigenvalue weighted by molar-refractivity contribution is 0.0956. The van der Waals surface area contributed by atoms with Gasteiger partial charge in [-0.2, -0.15) is 0 Å². The van der Waals surface area contributed by atoms with Crippen molar-refractivity contribution < 1.29 is 9.18 Å². The van der Waals surface area contributed by atoms with Crippen LogP contribution in [0.1, 0.15) is 53.0 Å². The Kier molecular flexibility index (Phi) is 5.44. The minimum absolute atomic E-state index is 0.0240. The summed E-state index contributed by atoms with van der Waals surface area (Å²) in [6.07, 6.45) is 4.12. The van der Waals surface area contributed by atoms with Gasteiger partial charge in [-0.1, -0.05) is 12.1 Å². The third-order valence-corrected chi connectivity index (χ3v) is 5.52. The number of rotatable bonds is 6. The first-order chi connectivity index (χ1) is 13.7. The Bertz CT molecular complexity index is 977. The van der Waals surface area contributed by atoms with Gasteiger partial charge in [0.25, 0.3) is 5.91 Å². The topological polar surface area (TPSA) is 56.9 Å². The van der Waals surface area contributed by atoms with Crippen molar-refractivity contribution in [3.63, 3.8) is 0 Å². The summed E-state index contributed by atoms with van der Waals surface area (Å²) in [5, 5.41) is 7.68. The van der Waals surface area contributed by atoms with Gasteiger partial charge in [0.1, 0.15) is 5.82 Å². The molecule has 5 heteroatoms. The van der Waals surface area contributed by atoms with Crippen molar-refractivity contribution in [3.8, 4) is 0 Å². The quantitative estimate of drug-likeness (QED) is 0.599. The number of hydrogen-bond donors (Lipinski definition) is 3. The van der Waals surface area contributed by atoms with E-state index >= 15 is 0 Å². The molecule has 3 N–H and O–H groups in total. The number of aromatic nitrogens is 1. The number of H-pyrrole nitrogens is 1. The molecule has 0 bridgehead atoms. The van der Waals surface area contributed by atoms with E-state index in [9.17, 15) is 9.18 Å². The van der Waals surface area contributed by atoms with Crippen LogP contribution in [0.5, 0.6) is 0 Å². The van der Waals surface area contributed by atoms with Crippen LogP contribution >= 0.6 is 0 Å². The smallest absolute Gasteiger partial charge is 0.251 e. The lowest BCUT2D eigenvalue weighted by atomic mass is 9.91. The van der Waals surface area contributed by atoms with Gasteiger partial charge in [-0.15, -0.1) is 0 Å². The van der Waals surface area contributed by atoms with E-state index in [2.05, 4.69) is 15.6 Å². The molecule has 0 radical (unpaired) electrons. The fraction of sp³-hybridized carbons (Fsp3) is 0.348. The van der Waals surface area contributed by atoms with Gasteiger partial charge in [-0.05, 0) is 80.6 Å². The van der Waals surface area contributed by atoms with Crippen LogP contribution in [0, 0.1) is 5.82 Å².